The van der Waals surface area contributed by atoms with Crippen molar-refractivity contribution in [1.29, 1.82) is 0 Å². The lowest BCUT2D eigenvalue weighted by atomic mass is 9.86. The number of amides is 1. The largest absolute Gasteiger partial charge is 0.392 e. The summed E-state index contributed by atoms with van der Waals surface area (Å²) < 4.78 is 0. The number of hydrogen-bond donors (Lipinski definition) is 2. The molecule has 0 aliphatic carbocycles. The summed E-state index contributed by atoms with van der Waals surface area (Å²) in [5.74, 6) is 0.503. The summed E-state index contributed by atoms with van der Waals surface area (Å²) in [7, 11) is 0. The third-order valence-electron chi connectivity index (χ3n) is 2.95. The van der Waals surface area contributed by atoms with E-state index in [9.17, 15) is 4.79 Å². The lowest BCUT2D eigenvalue weighted by Crippen LogP contribution is -2.49. The van der Waals surface area contributed by atoms with E-state index in [0.717, 1.165) is 6.42 Å². The molecule has 16 heavy (non-hydrogen) atoms. The molecule has 2 unspecified atom stereocenters. The maximum Gasteiger partial charge on any atom is 0.232 e. The van der Waals surface area contributed by atoms with E-state index in [-0.39, 0.29) is 16.9 Å². The summed E-state index contributed by atoms with van der Waals surface area (Å²) in [5.41, 5.74) is 4.91. The molecule has 0 aromatic rings. The Morgan fingerprint density at radius 2 is 1.94 bits per heavy atom. The average molecular weight is 244 g/mol. The van der Waals surface area contributed by atoms with Crippen molar-refractivity contribution < 1.29 is 4.79 Å². The maximum absolute atomic E-state index is 12.1. The van der Waals surface area contributed by atoms with Gasteiger partial charge in [0.05, 0.1) is 10.4 Å². The first-order valence-electron chi connectivity index (χ1n) is 5.84. The molecule has 0 saturated heterocycles. The molecule has 94 valence electrons. The minimum absolute atomic E-state index is 0.0596. The number of nitrogens with one attached hydrogen (secondary N) is 1. The quantitative estimate of drug-likeness (QED) is 0.705. The van der Waals surface area contributed by atoms with E-state index in [4.69, 9.17) is 18.0 Å². The highest BCUT2D eigenvalue weighted by Crippen LogP contribution is 2.22. The summed E-state index contributed by atoms with van der Waals surface area (Å²) in [6, 6.07) is 0.160. The molecule has 0 radical (unpaired) electrons. The number of rotatable bonds is 6. The van der Waals surface area contributed by atoms with Gasteiger partial charge in [-0.05, 0) is 32.6 Å². The molecule has 3 N–H and O–H groups in total. The van der Waals surface area contributed by atoms with Crippen LogP contribution in [0, 0.1) is 11.3 Å². The average Bonchev–Trinajstić information content (AvgIpc) is 2.14. The molecule has 0 heterocycles. The smallest absolute Gasteiger partial charge is 0.232 e. The molecular weight excluding hydrogens is 220 g/mol. The van der Waals surface area contributed by atoms with Gasteiger partial charge in [-0.2, -0.15) is 0 Å². The van der Waals surface area contributed by atoms with E-state index in [0.29, 0.717) is 12.3 Å². The lowest BCUT2D eigenvalue weighted by Gasteiger charge is -2.28. The van der Waals surface area contributed by atoms with Crippen LogP contribution in [0.15, 0.2) is 0 Å². The van der Waals surface area contributed by atoms with Gasteiger partial charge >= 0.3 is 0 Å². The third-order valence-corrected chi connectivity index (χ3v) is 3.41. The minimum Gasteiger partial charge on any atom is -0.392 e. The first-order valence-corrected chi connectivity index (χ1v) is 6.25. The molecule has 0 aliphatic heterocycles. The van der Waals surface area contributed by atoms with Crippen LogP contribution in [0.3, 0.4) is 0 Å². The Kier molecular flexibility index (Phi) is 5.94. The van der Waals surface area contributed by atoms with E-state index in [1.807, 2.05) is 13.8 Å². The number of nitrogens with two attached hydrogens (primary N) is 1. The molecule has 0 aromatic heterocycles. The van der Waals surface area contributed by atoms with Gasteiger partial charge in [-0.15, -0.1) is 0 Å². The van der Waals surface area contributed by atoms with E-state index in [2.05, 4.69) is 19.2 Å². The molecule has 0 saturated carbocycles. The molecule has 3 nitrogen and oxygen atoms in total. The molecule has 0 bridgehead atoms. The second-order valence-electron chi connectivity index (χ2n) is 5.05. The molecular formula is C12H24N2OS. The molecule has 0 spiro atoms. The zero-order valence-corrected chi connectivity index (χ0v) is 11.8. The zero-order valence-electron chi connectivity index (χ0n) is 11.0. The third kappa shape index (κ3) is 4.08. The van der Waals surface area contributed by atoms with Crippen molar-refractivity contribution >= 4 is 23.1 Å². The fourth-order valence-electron chi connectivity index (χ4n) is 1.60. The summed E-state index contributed by atoms with van der Waals surface area (Å²) in [4.78, 5) is 12.3. The topological polar surface area (TPSA) is 55.1 Å². The molecule has 0 rings (SSSR count). The summed E-state index contributed by atoms with van der Waals surface area (Å²) >= 11 is 4.96. The van der Waals surface area contributed by atoms with Gasteiger partial charge in [-0.25, -0.2) is 0 Å². The van der Waals surface area contributed by atoms with Gasteiger partial charge in [0.15, 0.2) is 0 Å². The monoisotopic (exact) mass is 244 g/mol. The highest BCUT2D eigenvalue weighted by Gasteiger charge is 2.35. The van der Waals surface area contributed by atoms with Gasteiger partial charge in [0.1, 0.15) is 0 Å². The molecule has 1 amide bonds. The van der Waals surface area contributed by atoms with E-state index >= 15 is 0 Å². The highest BCUT2D eigenvalue weighted by atomic mass is 32.1. The Bertz CT molecular complexity index is 266. The van der Waals surface area contributed by atoms with E-state index in [1.165, 1.54) is 0 Å². The molecule has 0 fully saturated rings. The van der Waals surface area contributed by atoms with Gasteiger partial charge in [0.25, 0.3) is 0 Å². The van der Waals surface area contributed by atoms with Crippen LogP contribution in [0.25, 0.3) is 0 Å². The predicted molar refractivity (Wildman–Crippen MR) is 72.2 cm³/mol. The highest BCUT2D eigenvalue weighted by molar-refractivity contribution is 7.80. The summed E-state index contributed by atoms with van der Waals surface area (Å²) in [5, 5.41) is 2.98. The van der Waals surface area contributed by atoms with Crippen molar-refractivity contribution in [3.63, 3.8) is 0 Å². The van der Waals surface area contributed by atoms with Crippen molar-refractivity contribution in [3.05, 3.63) is 0 Å². The predicted octanol–water partition coefficient (Wildman–Crippen LogP) is 2.24. The van der Waals surface area contributed by atoms with Gasteiger partial charge in [-0.1, -0.05) is 33.0 Å². The maximum atomic E-state index is 12.1. The van der Waals surface area contributed by atoms with Gasteiger partial charge < -0.3 is 11.1 Å². The fourth-order valence-corrected chi connectivity index (χ4v) is 1.83. The van der Waals surface area contributed by atoms with Crippen LogP contribution in [0.5, 0.6) is 0 Å². The second-order valence-corrected chi connectivity index (χ2v) is 5.49. The normalized spacial score (nSPS) is 16.6. The van der Waals surface area contributed by atoms with Crippen LogP contribution in [-0.2, 0) is 4.79 Å². The Balaban J connectivity index is 4.50. The van der Waals surface area contributed by atoms with Crippen molar-refractivity contribution in [2.24, 2.45) is 17.1 Å². The molecule has 2 atom stereocenters. The van der Waals surface area contributed by atoms with Gasteiger partial charge in [-0.3, -0.25) is 4.79 Å². The summed E-state index contributed by atoms with van der Waals surface area (Å²) in [6.45, 7) is 10.00. The SMILES string of the molecule is CCC(C)(C(=O)NC(C)CC(C)C)C(N)=S. The van der Waals surface area contributed by atoms with Crippen LogP contribution in [-0.4, -0.2) is 16.9 Å². The van der Waals surface area contributed by atoms with Crippen LogP contribution in [0.4, 0.5) is 0 Å². The van der Waals surface area contributed by atoms with E-state index < -0.39 is 5.41 Å². The standard InChI is InChI=1S/C12H24N2OS/c1-6-12(5,10(13)16)11(15)14-9(4)7-8(2)3/h8-9H,6-7H2,1-5H3,(H2,13,16)(H,14,15). The van der Waals surface area contributed by atoms with Crippen LogP contribution < -0.4 is 11.1 Å². The first kappa shape index (κ1) is 15.4. The number of carbonyl (C=O) groups is 1. The summed E-state index contributed by atoms with van der Waals surface area (Å²) in [6.07, 6.45) is 1.59. The van der Waals surface area contributed by atoms with Crippen molar-refractivity contribution in [1.82, 2.24) is 5.32 Å². The van der Waals surface area contributed by atoms with Gasteiger partial charge in [0, 0.05) is 6.04 Å². The van der Waals surface area contributed by atoms with Crippen LogP contribution in [0.2, 0.25) is 0 Å². The Morgan fingerprint density at radius 3 is 2.25 bits per heavy atom. The number of carbonyl (C=O) groups excluding carboxylic acids is 1. The number of thiocarbonyl (C=S) groups is 1. The second kappa shape index (κ2) is 6.18. The molecule has 0 aliphatic rings. The minimum atomic E-state index is -0.722. The van der Waals surface area contributed by atoms with Crippen molar-refractivity contribution in [2.75, 3.05) is 0 Å². The Hall–Kier alpha value is -0.640. The first-order chi connectivity index (χ1) is 7.24. The van der Waals surface area contributed by atoms with Crippen LogP contribution >= 0.6 is 12.2 Å². The van der Waals surface area contributed by atoms with Crippen LogP contribution in [0.1, 0.15) is 47.5 Å². The van der Waals surface area contributed by atoms with Gasteiger partial charge in [0.2, 0.25) is 5.91 Å². The van der Waals surface area contributed by atoms with Crippen molar-refractivity contribution in [3.8, 4) is 0 Å². The molecule has 4 heteroatoms. The Morgan fingerprint density at radius 1 is 1.44 bits per heavy atom. The Labute approximate surface area is 104 Å². The van der Waals surface area contributed by atoms with Crippen molar-refractivity contribution in [2.45, 2.75) is 53.5 Å². The fraction of sp³-hybridized carbons (Fsp3) is 0.833. The lowest BCUT2D eigenvalue weighted by molar-refractivity contribution is -0.127. The molecule has 0 aromatic carbocycles. The zero-order chi connectivity index (χ0) is 12.9. The number of hydrogen-bond acceptors (Lipinski definition) is 2. The van der Waals surface area contributed by atoms with E-state index in [1.54, 1.807) is 6.92 Å².